The van der Waals surface area contributed by atoms with Gasteiger partial charge < -0.3 is 15.4 Å². The Labute approximate surface area is 152 Å². The fraction of sp³-hybridized carbons (Fsp3) is 0.500. The summed E-state index contributed by atoms with van der Waals surface area (Å²) in [5.74, 6) is 0.306. The van der Waals surface area contributed by atoms with Gasteiger partial charge in [0, 0.05) is 43.7 Å². The topological polar surface area (TPSA) is 107 Å². The molecule has 140 valence electrons. The van der Waals surface area contributed by atoms with Crippen molar-refractivity contribution in [2.24, 2.45) is 0 Å². The number of anilines is 1. The predicted octanol–water partition coefficient (Wildman–Crippen LogP) is 2.32. The molecule has 2 aromatic heterocycles. The number of nitro groups is 1. The van der Waals surface area contributed by atoms with Gasteiger partial charge in [0.25, 0.3) is 0 Å². The van der Waals surface area contributed by atoms with Crippen molar-refractivity contribution in [3.63, 3.8) is 0 Å². The Morgan fingerprint density at radius 2 is 2.15 bits per heavy atom. The maximum atomic E-state index is 10.9. The molecule has 3 N–H and O–H groups in total. The van der Waals surface area contributed by atoms with Crippen molar-refractivity contribution in [1.82, 2.24) is 14.9 Å². The number of aliphatic hydroxyl groups excluding tert-OH is 1. The predicted molar refractivity (Wildman–Crippen MR) is 99.0 cm³/mol. The molecule has 8 heteroatoms. The minimum absolute atomic E-state index is 0.0288. The van der Waals surface area contributed by atoms with Gasteiger partial charge in [-0.25, -0.2) is 0 Å². The molecular formula is C18H25N5O3. The van der Waals surface area contributed by atoms with Gasteiger partial charge in [-0.15, -0.1) is 0 Å². The molecule has 1 aliphatic heterocycles. The molecule has 0 aromatic carbocycles. The molecule has 26 heavy (non-hydrogen) atoms. The van der Waals surface area contributed by atoms with E-state index in [1.807, 2.05) is 12.1 Å². The molecule has 3 heterocycles. The number of nitrogens with zero attached hydrogens (tertiary/aromatic N) is 3. The number of aromatic nitrogens is 2. The highest BCUT2D eigenvalue weighted by molar-refractivity contribution is 5.56. The van der Waals surface area contributed by atoms with Crippen LogP contribution in [0.4, 0.5) is 11.5 Å². The Balaban J connectivity index is 1.52. The van der Waals surface area contributed by atoms with Crippen molar-refractivity contribution in [1.29, 1.82) is 0 Å². The third-order valence-corrected chi connectivity index (χ3v) is 4.62. The Kier molecular flexibility index (Phi) is 6.19. The van der Waals surface area contributed by atoms with Gasteiger partial charge >= 0.3 is 5.69 Å². The second-order valence-corrected chi connectivity index (χ2v) is 6.73. The molecule has 3 rings (SSSR count). The number of rotatable bonds is 8. The minimum atomic E-state index is -0.685. The zero-order valence-corrected chi connectivity index (χ0v) is 14.7. The van der Waals surface area contributed by atoms with E-state index >= 15 is 0 Å². The van der Waals surface area contributed by atoms with Crippen molar-refractivity contribution < 1.29 is 10.0 Å². The van der Waals surface area contributed by atoms with Gasteiger partial charge in [0.15, 0.2) is 5.82 Å². The van der Waals surface area contributed by atoms with Crippen molar-refractivity contribution in [2.75, 3.05) is 25.0 Å². The first kappa shape index (κ1) is 18.3. The zero-order valence-electron chi connectivity index (χ0n) is 14.7. The third kappa shape index (κ3) is 5.03. The van der Waals surface area contributed by atoms with Crippen molar-refractivity contribution in [3.05, 3.63) is 52.0 Å². The van der Waals surface area contributed by atoms with E-state index in [4.69, 9.17) is 0 Å². The molecule has 0 radical (unpaired) electrons. The molecule has 1 aliphatic rings. The van der Waals surface area contributed by atoms with Crippen molar-refractivity contribution in [2.45, 2.75) is 38.3 Å². The fourth-order valence-corrected chi connectivity index (χ4v) is 3.30. The second-order valence-electron chi connectivity index (χ2n) is 6.73. The van der Waals surface area contributed by atoms with Gasteiger partial charge in [0.2, 0.25) is 0 Å². The first-order valence-corrected chi connectivity index (χ1v) is 9.01. The number of nitrogens with one attached hydrogen (secondary N) is 2. The summed E-state index contributed by atoms with van der Waals surface area (Å²) >= 11 is 0. The molecule has 0 saturated carbocycles. The molecule has 0 bridgehead atoms. The number of aromatic amines is 1. The van der Waals surface area contributed by atoms with E-state index in [0.717, 1.165) is 25.3 Å². The first-order chi connectivity index (χ1) is 12.6. The van der Waals surface area contributed by atoms with Crippen molar-refractivity contribution in [3.8, 4) is 0 Å². The van der Waals surface area contributed by atoms with Crippen LogP contribution in [0.5, 0.6) is 0 Å². The van der Waals surface area contributed by atoms with E-state index in [1.165, 1.54) is 37.1 Å². The van der Waals surface area contributed by atoms with E-state index < -0.39 is 11.0 Å². The summed E-state index contributed by atoms with van der Waals surface area (Å²) in [7, 11) is 0. The lowest BCUT2D eigenvalue weighted by Crippen LogP contribution is -2.29. The van der Waals surface area contributed by atoms with Crippen LogP contribution in [-0.4, -0.2) is 50.6 Å². The van der Waals surface area contributed by atoms with Gasteiger partial charge in [-0.2, -0.15) is 0 Å². The molecule has 2 aromatic rings. The zero-order chi connectivity index (χ0) is 18.4. The molecule has 1 saturated heterocycles. The molecule has 1 unspecified atom stereocenters. The standard InChI is InChI=1S/C18H25N5O3/c24-16(12-21-18-17(23(25)26)5-7-20-18)11-15-10-14(4-6-19-15)13-22-8-2-1-3-9-22/h4-7,10,16,20-21,24H,1-3,8-9,11-13H2. The largest absolute Gasteiger partial charge is 0.391 e. The van der Waals surface area contributed by atoms with Crippen LogP contribution in [-0.2, 0) is 13.0 Å². The van der Waals surface area contributed by atoms with Crippen LogP contribution in [0.2, 0.25) is 0 Å². The van der Waals surface area contributed by atoms with Gasteiger partial charge in [-0.1, -0.05) is 6.42 Å². The average molecular weight is 359 g/mol. The summed E-state index contributed by atoms with van der Waals surface area (Å²) in [6.45, 7) is 3.40. The summed E-state index contributed by atoms with van der Waals surface area (Å²) in [5.41, 5.74) is 2.01. The second kappa shape index (κ2) is 8.77. The molecule has 0 aliphatic carbocycles. The molecule has 1 fully saturated rings. The van der Waals surface area contributed by atoms with Crippen LogP contribution in [0, 0.1) is 10.1 Å². The van der Waals surface area contributed by atoms with Crippen LogP contribution < -0.4 is 5.32 Å². The number of H-pyrrole nitrogens is 1. The molecule has 0 amide bonds. The molecule has 0 spiro atoms. The molecular weight excluding hydrogens is 334 g/mol. The number of likely N-dealkylation sites (tertiary alicyclic amines) is 1. The quantitative estimate of drug-likeness (QED) is 0.493. The summed E-state index contributed by atoms with van der Waals surface area (Å²) < 4.78 is 0. The van der Waals surface area contributed by atoms with E-state index in [0.29, 0.717) is 12.2 Å². The number of hydrogen-bond acceptors (Lipinski definition) is 6. The number of hydrogen-bond donors (Lipinski definition) is 3. The van der Waals surface area contributed by atoms with Gasteiger partial charge in [-0.3, -0.25) is 20.0 Å². The Morgan fingerprint density at radius 3 is 2.92 bits per heavy atom. The third-order valence-electron chi connectivity index (χ3n) is 4.62. The SMILES string of the molecule is O=[N+]([O-])c1cc[nH]c1NCC(O)Cc1cc(CN2CCCCC2)ccn1. The summed E-state index contributed by atoms with van der Waals surface area (Å²) in [6, 6.07) is 5.44. The monoisotopic (exact) mass is 359 g/mol. The van der Waals surface area contributed by atoms with E-state index in [-0.39, 0.29) is 12.2 Å². The maximum Gasteiger partial charge on any atom is 0.310 e. The summed E-state index contributed by atoms with van der Waals surface area (Å²) in [6.07, 6.45) is 6.82. The highest BCUT2D eigenvalue weighted by Crippen LogP contribution is 2.21. The highest BCUT2D eigenvalue weighted by Gasteiger charge is 2.16. The number of pyridine rings is 1. The Hall–Kier alpha value is -2.45. The lowest BCUT2D eigenvalue weighted by molar-refractivity contribution is -0.383. The minimum Gasteiger partial charge on any atom is -0.391 e. The van der Waals surface area contributed by atoms with Gasteiger partial charge in [-0.05, 0) is 43.6 Å². The van der Waals surface area contributed by atoms with Crippen molar-refractivity contribution >= 4 is 11.5 Å². The average Bonchev–Trinajstić information content (AvgIpc) is 3.10. The van der Waals surface area contributed by atoms with Crippen LogP contribution in [0.3, 0.4) is 0 Å². The van der Waals surface area contributed by atoms with Gasteiger partial charge in [0.05, 0.1) is 11.0 Å². The number of aliphatic hydroxyl groups is 1. The lowest BCUT2D eigenvalue weighted by atomic mass is 10.1. The van der Waals surface area contributed by atoms with E-state index in [2.05, 4.69) is 20.2 Å². The van der Waals surface area contributed by atoms with E-state index in [1.54, 1.807) is 6.20 Å². The smallest absolute Gasteiger partial charge is 0.310 e. The summed E-state index contributed by atoms with van der Waals surface area (Å²) in [4.78, 5) is 20.0. The highest BCUT2D eigenvalue weighted by atomic mass is 16.6. The normalized spacial score (nSPS) is 16.3. The Morgan fingerprint density at radius 1 is 1.35 bits per heavy atom. The fourth-order valence-electron chi connectivity index (χ4n) is 3.30. The number of piperidine rings is 1. The van der Waals surface area contributed by atoms with Crippen LogP contribution in [0.1, 0.15) is 30.5 Å². The maximum absolute atomic E-state index is 10.9. The first-order valence-electron chi connectivity index (χ1n) is 9.01. The lowest BCUT2D eigenvalue weighted by Gasteiger charge is -2.26. The summed E-state index contributed by atoms with van der Waals surface area (Å²) in [5, 5.41) is 24.0. The Bertz CT molecular complexity index is 727. The van der Waals surface area contributed by atoms with E-state index in [9.17, 15) is 15.2 Å². The van der Waals surface area contributed by atoms with Crippen LogP contribution in [0.15, 0.2) is 30.6 Å². The van der Waals surface area contributed by atoms with Gasteiger partial charge in [0.1, 0.15) is 0 Å². The van der Waals surface area contributed by atoms with Crippen LogP contribution in [0.25, 0.3) is 0 Å². The molecule has 1 atom stereocenters. The van der Waals surface area contributed by atoms with Crippen LogP contribution >= 0.6 is 0 Å². The molecule has 8 nitrogen and oxygen atoms in total.